The van der Waals surface area contributed by atoms with Crippen LogP contribution in [0.25, 0.3) is 0 Å². The van der Waals surface area contributed by atoms with Crippen LogP contribution in [0.4, 0.5) is 0 Å². The third-order valence-corrected chi connectivity index (χ3v) is 3.03. The zero-order valence-electron chi connectivity index (χ0n) is 8.46. The maximum absolute atomic E-state index is 10.9. The van der Waals surface area contributed by atoms with Crippen LogP contribution in [0.2, 0.25) is 0 Å². The summed E-state index contributed by atoms with van der Waals surface area (Å²) in [7, 11) is 0. The third-order valence-electron chi connectivity index (χ3n) is 3.03. The number of ether oxygens (including phenoxy) is 2. The largest absolute Gasteiger partial charge is 0.460 e. The predicted molar refractivity (Wildman–Crippen MR) is 50.1 cm³/mol. The molecule has 2 fully saturated rings. The summed E-state index contributed by atoms with van der Waals surface area (Å²) < 4.78 is 10.7. The van der Waals surface area contributed by atoms with E-state index in [0.29, 0.717) is 19.3 Å². The van der Waals surface area contributed by atoms with E-state index in [2.05, 4.69) is 0 Å². The summed E-state index contributed by atoms with van der Waals surface area (Å²) in [6.07, 6.45) is 1.23. The fourth-order valence-corrected chi connectivity index (χ4v) is 2.17. The molecule has 2 heterocycles. The molecular formula is C10H16O5. The molecule has 0 saturated carbocycles. The van der Waals surface area contributed by atoms with Crippen LogP contribution in [0, 0.1) is 0 Å². The summed E-state index contributed by atoms with van der Waals surface area (Å²) in [5.41, 5.74) is 0. The molecule has 5 heteroatoms. The summed E-state index contributed by atoms with van der Waals surface area (Å²) in [4.78, 5) is 10.9. The fraction of sp³-hybridized carbons (Fsp3) is 0.900. The maximum Gasteiger partial charge on any atom is 0.306 e. The van der Waals surface area contributed by atoms with E-state index in [-0.39, 0.29) is 30.9 Å². The molecular weight excluding hydrogens is 200 g/mol. The Morgan fingerprint density at radius 3 is 2.73 bits per heavy atom. The van der Waals surface area contributed by atoms with Crippen LogP contribution in [-0.4, -0.2) is 47.2 Å². The number of aliphatic hydroxyl groups is 2. The molecule has 2 aliphatic rings. The fourth-order valence-electron chi connectivity index (χ4n) is 2.17. The van der Waals surface area contributed by atoms with Gasteiger partial charge in [-0.1, -0.05) is 0 Å². The Balaban J connectivity index is 1.84. The van der Waals surface area contributed by atoms with Gasteiger partial charge in [-0.2, -0.15) is 0 Å². The van der Waals surface area contributed by atoms with Crippen LogP contribution in [0.15, 0.2) is 0 Å². The first-order valence-electron chi connectivity index (χ1n) is 5.34. The maximum atomic E-state index is 10.9. The number of aliphatic hydroxyl groups excluding tert-OH is 2. The Morgan fingerprint density at radius 2 is 2.13 bits per heavy atom. The average Bonchev–Trinajstić information content (AvgIpc) is 2.84. The zero-order chi connectivity index (χ0) is 10.8. The Bertz CT molecular complexity index is 242. The number of hydrogen-bond acceptors (Lipinski definition) is 5. The lowest BCUT2D eigenvalue weighted by molar-refractivity contribution is -0.148. The van der Waals surface area contributed by atoms with Crippen molar-refractivity contribution in [2.75, 3.05) is 6.61 Å². The van der Waals surface area contributed by atoms with Gasteiger partial charge < -0.3 is 19.7 Å². The molecule has 0 radical (unpaired) electrons. The minimum Gasteiger partial charge on any atom is -0.460 e. The highest BCUT2D eigenvalue weighted by molar-refractivity contribution is 5.71. The van der Waals surface area contributed by atoms with E-state index in [9.17, 15) is 9.90 Å². The highest BCUT2D eigenvalue weighted by Gasteiger charge is 2.39. The molecule has 2 N–H and O–H groups in total. The van der Waals surface area contributed by atoms with Gasteiger partial charge in [0.05, 0.1) is 18.8 Å². The molecule has 0 aromatic heterocycles. The number of rotatable bonds is 3. The van der Waals surface area contributed by atoms with E-state index in [1.54, 1.807) is 0 Å². The van der Waals surface area contributed by atoms with E-state index >= 15 is 0 Å². The van der Waals surface area contributed by atoms with Crippen LogP contribution in [0.3, 0.4) is 0 Å². The second-order valence-corrected chi connectivity index (χ2v) is 4.11. The topological polar surface area (TPSA) is 76.0 Å². The predicted octanol–water partition coefficient (Wildman–Crippen LogP) is -0.407. The molecule has 2 rings (SSSR count). The zero-order valence-corrected chi connectivity index (χ0v) is 8.46. The average molecular weight is 216 g/mol. The Kier molecular flexibility index (Phi) is 3.23. The molecule has 2 saturated heterocycles. The summed E-state index contributed by atoms with van der Waals surface area (Å²) in [6.45, 7) is -0.290. The van der Waals surface area contributed by atoms with Crippen molar-refractivity contribution >= 4 is 5.97 Å². The van der Waals surface area contributed by atoms with Gasteiger partial charge in [0.25, 0.3) is 0 Å². The van der Waals surface area contributed by atoms with Gasteiger partial charge in [-0.25, -0.2) is 0 Å². The van der Waals surface area contributed by atoms with Crippen LogP contribution in [-0.2, 0) is 14.3 Å². The molecule has 86 valence electrons. The minimum atomic E-state index is -0.827. The number of carbonyl (C=O) groups is 1. The highest BCUT2D eigenvalue weighted by Crippen LogP contribution is 2.30. The SMILES string of the molecule is O=C1CC[C@@H]([C@@H]2CC[C@H]([C@H](O)CO)O2)O1. The Labute approximate surface area is 88.0 Å². The van der Waals surface area contributed by atoms with Crippen molar-refractivity contribution in [3.05, 3.63) is 0 Å². The standard InChI is InChI=1S/C10H16O5/c11-5-6(12)7-1-2-8(14-7)9-3-4-10(13)15-9/h6-9,11-12H,1-5H2/t6-,7-,8+,9+/m1/s1. The molecule has 0 unspecified atom stereocenters. The van der Waals surface area contributed by atoms with Crippen LogP contribution in [0.1, 0.15) is 25.7 Å². The second kappa shape index (κ2) is 4.47. The van der Waals surface area contributed by atoms with Crippen molar-refractivity contribution in [3.63, 3.8) is 0 Å². The van der Waals surface area contributed by atoms with E-state index in [0.717, 1.165) is 6.42 Å². The summed E-state index contributed by atoms with van der Waals surface area (Å²) in [5.74, 6) is -0.172. The lowest BCUT2D eigenvalue weighted by Crippen LogP contribution is -2.32. The van der Waals surface area contributed by atoms with Crippen molar-refractivity contribution in [2.24, 2.45) is 0 Å². The van der Waals surface area contributed by atoms with Gasteiger partial charge >= 0.3 is 5.97 Å². The van der Waals surface area contributed by atoms with Crippen LogP contribution >= 0.6 is 0 Å². The Hall–Kier alpha value is -0.650. The van der Waals surface area contributed by atoms with Gasteiger partial charge in [-0.05, 0) is 19.3 Å². The monoisotopic (exact) mass is 216 g/mol. The Morgan fingerprint density at radius 1 is 1.33 bits per heavy atom. The molecule has 0 aliphatic carbocycles. The van der Waals surface area contributed by atoms with E-state index in [1.807, 2.05) is 0 Å². The van der Waals surface area contributed by atoms with Crippen molar-refractivity contribution in [2.45, 2.75) is 50.1 Å². The van der Waals surface area contributed by atoms with E-state index < -0.39 is 6.10 Å². The second-order valence-electron chi connectivity index (χ2n) is 4.11. The smallest absolute Gasteiger partial charge is 0.306 e. The lowest BCUT2D eigenvalue weighted by Gasteiger charge is -2.20. The first-order chi connectivity index (χ1) is 7.20. The van der Waals surface area contributed by atoms with Gasteiger partial charge in [-0.15, -0.1) is 0 Å². The van der Waals surface area contributed by atoms with Crippen molar-refractivity contribution in [1.82, 2.24) is 0 Å². The molecule has 0 aromatic carbocycles. The normalized spacial score (nSPS) is 38.0. The lowest BCUT2D eigenvalue weighted by atomic mass is 10.1. The number of hydrogen-bond donors (Lipinski definition) is 2. The van der Waals surface area contributed by atoms with E-state index in [1.165, 1.54) is 0 Å². The molecule has 4 atom stereocenters. The quantitative estimate of drug-likeness (QED) is 0.627. The van der Waals surface area contributed by atoms with Gasteiger partial charge in [0, 0.05) is 6.42 Å². The summed E-state index contributed by atoms with van der Waals surface area (Å²) in [6, 6.07) is 0. The molecule has 15 heavy (non-hydrogen) atoms. The molecule has 5 nitrogen and oxygen atoms in total. The van der Waals surface area contributed by atoms with Gasteiger partial charge in [0.1, 0.15) is 12.2 Å². The number of esters is 1. The molecule has 0 amide bonds. The number of carbonyl (C=O) groups excluding carboxylic acids is 1. The van der Waals surface area contributed by atoms with Gasteiger partial charge in [0.2, 0.25) is 0 Å². The van der Waals surface area contributed by atoms with Crippen LogP contribution < -0.4 is 0 Å². The molecule has 2 aliphatic heterocycles. The van der Waals surface area contributed by atoms with Crippen molar-refractivity contribution < 1.29 is 24.5 Å². The number of cyclic esters (lactones) is 1. The third kappa shape index (κ3) is 2.30. The van der Waals surface area contributed by atoms with Gasteiger partial charge in [0.15, 0.2) is 0 Å². The van der Waals surface area contributed by atoms with Crippen molar-refractivity contribution in [3.8, 4) is 0 Å². The highest BCUT2D eigenvalue weighted by atomic mass is 16.6. The summed E-state index contributed by atoms with van der Waals surface area (Å²) >= 11 is 0. The first-order valence-corrected chi connectivity index (χ1v) is 5.34. The first kappa shape index (κ1) is 10.9. The molecule has 0 aromatic rings. The van der Waals surface area contributed by atoms with Gasteiger partial charge in [-0.3, -0.25) is 4.79 Å². The molecule has 0 bridgehead atoms. The molecule has 0 spiro atoms. The minimum absolute atomic E-state index is 0.109. The van der Waals surface area contributed by atoms with E-state index in [4.69, 9.17) is 14.6 Å². The van der Waals surface area contributed by atoms with Crippen LogP contribution in [0.5, 0.6) is 0 Å². The van der Waals surface area contributed by atoms with Crippen molar-refractivity contribution in [1.29, 1.82) is 0 Å². The summed E-state index contributed by atoms with van der Waals surface area (Å²) in [5, 5.41) is 18.2.